The first-order valence-corrected chi connectivity index (χ1v) is 5.41. The smallest absolute Gasteiger partial charge is 0.157 e. The molecule has 0 radical (unpaired) electrons. The number of aryl methyl sites for hydroxylation is 1. The Morgan fingerprint density at radius 2 is 2.31 bits per heavy atom. The van der Waals surface area contributed by atoms with Crippen molar-refractivity contribution in [2.45, 2.75) is 13.5 Å². The molecule has 2 aromatic heterocycles. The molecule has 16 heavy (non-hydrogen) atoms. The lowest BCUT2D eigenvalue weighted by Crippen LogP contribution is -2.10. The minimum Gasteiger partial charge on any atom is -0.316 e. The van der Waals surface area contributed by atoms with Gasteiger partial charge in [0.25, 0.3) is 0 Å². The molecule has 0 aliphatic carbocycles. The molecule has 0 aliphatic heterocycles. The highest BCUT2D eigenvalue weighted by Gasteiger charge is 2.08. The standard InChI is InChI=1S/C11H13ClN4/c1-8-10(12)7-16(15-8)11-9(6-13-2)4-3-5-14-11/h3-5,7,13H,6H2,1-2H3. The Balaban J connectivity index is 2.46. The van der Waals surface area contributed by atoms with Gasteiger partial charge in [-0.1, -0.05) is 17.7 Å². The van der Waals surface area contributed by atoms with Gasteiger partial charge < -0.3 is 5.32 Å². The van der Waals surface area contributed by atoms with Crippen LogP contribution < -0.4 is 5.32 Å². The summed E-state index contributed by atoms with van der Waals surface area (Å²) in [4.78, 5) is 4.32. The van der Waals surface area contributed by atoms with Crippen molar-refractivity contribution in [1.29, 1.82) is 0 Å². The van der Waals surface area contributed by atoms with Crippen molar-refractivity contribution >= 4 is 11.6 Å². The van der Waals surface area contributed by atoms with E-state index in [1.807, 2.05) is 26.1 Å². The predicted octanol–water partition coefficient (Wildman–Crippen LogP) is 1.95. The normalized spacial score (nSPS) is 10.7. The molecule has 0 saturated carbocycles. The van der Waals surface area contributed by atoms with Crippen LogP contribution in [-0.2, 0) is 6.54 Å². The third-order valence-corrected chi connectivity index (χ3v) is 2.66. The molecular formula is C11H13ClN4. The van der Waals surface area contributed by atoms with Gasteiger partial charge in [-0.15, -0.1) is 0 Å². The third-order valence-electron chi connectivity index (χ3n) is 2.29. The van der Waals surface area contributed by atoms with E-state index in [0.29, 0.717) is 5.02 Å². The zero-order valence-corrected chi connectivity index (χ0v) is 9.99. The van der Waals surface area contributed by atoms with Crippen LogP contribution in [-0.4, -0.2) is 21.8 Å². The molecule has 1 N–H and O–H groups in total. The minimum atomic E-state index is 0.654. The van der Waals surface area contributed by atoms with Gasteiger partial charge in [-0.3, -0.25) is 0 Å². The first-order chi connectivity index (χ1) is 7.72. The summed E-state index contributed by atoms with van der Waals surface area (Å²) in [5, 5.41) is 8.07. The molecule has 84 valence electrons. The molecule has 2 rings (SSSR count). The van der Waals surface area contributed by atoms with Gasteiger partial charge in [-0.25, -0.2) is 9.67 Å². The molecule has 0 atom stereocenters. The second kappa shape index (κ2) is 4.63. The first kappa shape index (κ1) is 11.1. The lowest BCUT2D eigenvalue weighted by molar-refractivity contribution is 0.767. The number of rotatable bonds is 3. The number of hydrogen-bond donors (Lipinski definition) is 1. The van der Waals surface area contributed by atoms with Gasteiger partial charge in [0.05, 0.1) is 16.9 Å². The summed E-state index contributed by atoms with van der Waals surface area (Å²) < 4.78 is 1.71. The topological polar surface area (TPSA) is 42.7 Å². The quantitative estimate of drug-likeness (QED) is 0.886. The molecule has 0 spiro atoms. The van der Waals surface area contributed by atoms with Crippen molar-refractivity contribution in [3.8, 4) is 5.82 Å². The summed E-state index contributed by atoms with van der Waals surface area (Å²) in [6.07, 6.45) is 3.53. The van der Waals surface area contributed by atoms with Crippen molar-refractivity contribution in [3.05, 3.63) is 40.8 Å². The van der Waals surface area contributed by atoms with Gasteiger partial charge in [0.2, 0.25) is 0 Å². The number of hydrogen-bond acceptors (Lipinski definition) is 3. The summed E-state index contributed by atoms with van der Waals surface area (Å²) in [7, 11) is 1.90. The van der Waals surface area contributed by atoms with E-state index >= 15 is 0 Å². The Hall–Kier alpha value is -1.39. The van der Waals surface area contributed by atoms with Gasteiger partial charge in [0.1, 0.15) is 0 Å². The van der Waals surface area contributed by atoms with Crippen LogP contribution in [0.1, 0.15) is 11.3 Å². The number of halogens is 1. The summed E-state index contributed by atoms with van der Waals surface area (Å²) in [6.45, 7) is 2.62. The lowest BCUT2D eigenvalue weighted by atomic mass is 10.2. The van der Waals surface area contributed by atoms with Gasteiger partial charge in [-0.05, 0) is 20.0 Å². The number of nitrogens with one attached hydrogen (secondary N) is 1. The van der Waals surface area contributed by atoms with E-state index in [2.05, 4.69) is 15.4 Å². The molecule has 0 aliphatic rings. The van der Waals surface area contributed by atoms with Crippen LogP contribution in [0.15, 0.2) is 24.5 Å². The second-order valence-electron chi connectivity index (χ2n) is 3.52. The fraction of sp³-hybridized carbons (Fsp3) is 0.273. The zero-order valence-electron chi connectivity index (χ0n) is 9.24. The second-order valence-corrected chi connectivity index (χ2v) is 3.93. The largest absolute Gasteiger partial charge is 0.316 e. The molecule has 0 saturated heterocycles. The van der Waals surface area contributed by atoms with E-state index < -0.39 is 0 Å². The minimum absolute atomic E-state index is 0.654. The molecule has 0 unspecified atom stereocenters. The highest BCUT2D eigenvalue weighted by molar-refractivity contribution is 6.31. The maximum Gasteiger partial charge on any atom is 0.157 e. The molecule has 0 aromatic carbocycles. The average Bonchev–Trinajstić information content (AvgIpc) is 2.60. The van der Waals surface area contributed by atoms with Crippen molar-refractivity contribution in [2.75, 3.05) is 7.05 Å². The van der Waals surface area contributed by atoms with Gasteiger partial charge >= 0.3 is 0 Å². The maximum absolute atomic E-state index is 5.98. The fourth-order valence-electron chi connectivity index (χ4n) is 1.51. The lowest BCUT2D eigenvalue weighted by Gasteiger charge is -2.07. The number of aromatic nitrogens is 3. The summed E-state index contributed by atoms with van der Waals surface area (Å²) in [5.74, 6) is 0.812. The summed E-state index contributed by atoms with van der Waals surface area (Å²) in [6, 6.07) is 3.93. The van der Waals surface area contributed by atoms with E-state index in [1.54, 1.807) is 17.1 Å². The zero-order chi connectivity index (χ0) is 11.5. The van der Waals surface area contributed by atoms with Crippen LogP contribution in [0.3, 0.4) is 0 Å². The Labute approximate surface area is 99.3 Å². The summed E-state index contributed by atoms with van der Waals surface area (Å²) in [5.41, 5.74) is 1.90. The van der Waals surface area contributed by atoms with E-state index in [9.17, 15) is 0 Å². The van der Waals surface area contributed by atoms with Crippen molar-refractivity contribution in [3.63, 3.8) is 0 Å². The highest BCUT2D eigenvalue weighted by atomic mass is 35.5. The average molecular weight is 237 g/mol. The van der Waals surface area contributed by atoms with Crippen LogP contribution in [0.25, 0.3) is 5.82 Å². The number of pyridine rings is 1. The first-order valence-electron chi connectivity index (χ1n) is 5.03. The van der Waals surface area contributed by atoms with E-state index in [1.165, 1.54) is 0 Å². The molecule has 4 nitrogen and oxygen atoms in total. The van der Waals surface area contributed by atoms with Gasteiger partial charge in [0.15, 0.2) is 5.82 Å². The van der Waals surface area contributed by atoms with E-state index in [0.717, 1.165) is 23.6 Å². The highest BCUT2D eigenvalue weighted by Crippen LogP contribution is 2.17. The molecule has 2 aromatic rings. The van der Waals surface area contributed by atoms with E-state index in [-0.39, 0.29) is 0 Å². The van der Waals surface area contributed by atoms with E-state index in [4.69, 9.17) is 11.6 Å². The Bertz CT molecular complexity index is 473. The monoisotopic (exact) mass is 236 g/mol. The molecule has 2 heterocycles. The fourth-order valence-corrected chi connectivity index (χ4v) is 1.64. The SMILES string of the molecule is CNCc1cccnc1-n1cc(Cl)c(C)n1. The van der Waals surface area contributed by atoms with Crippen molar-refractivity contribution in [2.24, 2.45) is 0 Å². The third kappa shape index (κ3) is 2.08. The molecule has 0 fully saturated rings. The predicted molar refractivity (Wildman–Crippen MR) is 63.9 cm³/mol. The van der Waals surface area contributed by atoms with Crippen molar-refractivity contribution in [1.82, 2.24) is 20.1 Å². The van der Waals surface area contributed by atoms with Crippen LogP contribution in [0.4, 0.5) is 0 Å². The maximum atomic E-state index is 5.98. The van der Waals surface area contributed by atoms with Crippen LogP contribution >= 0.6 is 11.6 Å². The summed E-state index contributed by atoms with van der Waals surface area (Å²) >= 11 is 5.98. The molecular weight excluding hydrogens is 224 g/mol. The van der Waals surface area contributed by atoms with Gasteiger partial charge in [-0.2, -0.15) is 5.10 Å². The van der Waals surface area contributed by atoms with Crippen LogP contribution in [0.2, 0.25) is 5.02 Å². The molecule has 0 bridgehead atoms. The van der Waals surface area contributed by atoms with Crippen molar-refractivity contribution < 1.29 is 0 Å². The molecule has 5 heteroatoms. The van der Waals surface area contributed by atoms with Crippen LogP contribution in [0, 0.1) is 6.92 Å². The Kier molecular flexibility index (Phi) is 3.22. The number of nitrogens with zero attached hydrogens (tertiary/aromatic N) is 3. The van der Waals surface area contributed by atoms with Gasteiger partial charge in [0, 0.05) is 18.3 Å². The van der Waals surface area contributed by atoms with Crippen LogP contribution in [0.5, 0.6) is 0 Å². The molecule has 0 amide bonds. The Morgan fingerprint density at radius 3 is 2.94 bits per heavy atom. The Morgan fingerprint density at radius 1 is 1.50 bits per heavy atom.